The van der Waals surface area contributed by atoms with Gasteiger partial charge in [0.05, 0.1) is 23.1 Å². The molecule has 0 atom stereocenters. The van der Waals surface area contributed by atoms with Crippen molar-refractivity contribution in [1.29, 1.82) is 0 Å². The minimum Gasteiger partial charge on any atom is -0.546 e. The Labute approximate surface area is 350 Å². The van der Waals surface area contributed by atoms with E-state index < -0.39 is 37.1 Å². The molecule has 311 valence electrons. The summed E-state index contributed by atoms with van der Waals surface area (Å²) in [5.74, 6) is -4.16. The Morgan fingerprint density at radius 2 is 0.644 bits per heavy atom. The quantitative estimate of drug-likeness (QED) is 0.148. The summed E-state index contributed by atoms with van der Waals surface area (Å²) < 4.78 is 9.49. The number of benzene rings is 2. The fourth-order valence-corrected chi connectivity index (χ4v) is 4.45. The molecule has 0 saturated heterocycles. The van der Waals surface area contributed by atoms with Gasteiger partial charge in [-0.2, -0.15) is 0 Å². The fraction of sp³-hybridized carbons (Fsp3) is 0.143. The zero-order chi connectivity index (χ0) is 40.4. The number of aromatic nitrogens is 4. The van der Waals surface area contributed by atoms with E-state index in [1.807, 2.05) is 49.6 Å². The van der Waals surface area contributed by atoms with Crippen LogP contribution in [0.4, 0.5) is 0 Å². The largest absolute Gasteiger partial charge is 2.00 e. The topological polar surface area (TPSA) is 291 Å². The van der Waals surface area contributed by atoms with Crippen LogP contribution in [0.5, 0.6) is 11.5 Å². The molecule has 6 rings (SSSR count). The number of hydrogen-bond acceptors (Lipinski definition) is 12. The molecular weight excluding hydrogens is 811 g/mol. The Morgan fingerprint density at radius 3 is 0.831 bits per heavy atom. The van der Waals surface area contributed by atoms with Gasteiger partial charge in [0.15, 0.2) is 0 Å². The predicted molar refractivity (Wildman–Crippen MR) is 209 cm³/mol. The maximum atomic E-state index is 10.4. The first-order valence-corrected chi connectivity index (χ1v) is 17.0. The van der Waals surface area contributed by atoms with Gasteiger partial charge in [-0.05, 0) is 145 Å². The van der Waals surface area contributed by atoms with Gasteiger partial charge in [-0.15, -0.1) is 0 Å². The molecule has 4 heterocycles. The minimum absolute atomic E-state index is 0. The molecule has 0 spiro atoms. The van der Waals surface area contributed by atoms with Gasteiger partial charge < -0.3 is 50.4 Å². The molecular formula is C42H44CoN4O12+2. The van der Waals surface area contributed by atoms with Crippen molar-refractivity contribution >= 4 is 23.9 Å². The van der Waals surface area contributed by atoms with E-state index in [-0.39, 0.29) is 38.9 Å². The molecule has 0 amide bonds. The first-order valence-electron chi connectivity index (χ1n) is 17.0. The molecule has 16 nitrogen and oxygen atoms in total. The SMILES string of the molecule is O=C([O-])COc1ccc(C(=O)O)cc1.O=C([O-])COc1ccc(C(=O)O)cc1.[Co+2].[OH3+].[OH3+].c1cc(CCc2ccncc2)ccn1.c1cc(CCc2ccncc2)ccn1. The Kier molecular flexibility index (Phi) is 26.5. The van der Waals surface area contributed by atoms with Crippen LogP contribution in [0.2, 0.25) is 0 Å². The smallest absolute Gasteiger partial charge is 0.546 e. The van der Waals surface area contributed by atoms with Gasteiger partial charge in [0, 0.05) is 49.6 Å². The molecule has 6 aromatic rings. The molecule has 8 N–H and O–H groups in total. The maximum Gasteiger partial charge on any atom is 2.00 e. The predicted octanol–water partition coefficient (Wildman–Crippen LogP) is 1.70. The molecule has 4 aromatic heterocycles. The summed E-state index contributed by atoms with van der Waals surface area (Å²) in [6, 6.07) is 27.3. The number of carbonyl (C=O) groups is 4. The number of hydrogen-bond donors (Lipinski definition) is 2. The number of carboxylic acid groups (broad SMARTS) is 4. The van der Waals surface area contributed by atoms with E-state index in [4.69, 9.17) is 19.7 Å². The maximum absolute atomic E-state index is 10.4. The van der Waals surface area contributed by atoms with Gasteiger partial charge in [-0.1, -0.05) is 0 Å². The normalized spacial score (nSPS) is 9.22. The van der Waals surface area contributed by atoms with E-state index in [0.29, 0.717) is 11.5 Å². The molecule has 2 aromatic carbocycles. The summed E-state index contributed by atoms with van der Waals surface area (Å²) in [6.07, 6.45) is 18.9. The van der Waals surface area contributed by atoms with Crippen LogP contribution >= 0.6 is 0 Å². The molecule has 17 heteroatoms. The third-order valence-electron chi connectivity index (χ3n) is 7.32. The van der Waals surface area contributed by atoms with Gasteiger partial charge in [0.25, 0.3) is 0 Å². The van der Waals surface area contributed by atoms with Crippen molar-refractivity contribution in [2.45, 2.75) is 25.7 Å². The summed E-state index contributed by atoms with van der Waals surface area (Å²) in [4.78, 5) is 56.9. The Bertz CT molecular complexity index is 1820. The van der Waals surface area contributed by atoms with Gasteiger partial charge in [-0.3, -0.25) is 19.9 Å². The second-order valence-electron chi connectivity index (χ2n) is 11.4. The molecule has 0 unspecified atom stereocenters. The van der Waals surface area contributed by atoms with Crippen LogP contribution in [0.1, 0.15) is 43.0 Å². The minimum atomic E-state index is -1.33. The van der Waals surface area contributed by atoms with Crippen molar-refractivity contribution in [3.05, 3.63) is 180 Å². The van der Waals surface area contributed by atoms with Crippen molar-refractivity contribution in [2.24, 2.45) is 0 Å². The number of carboxylic acids is 4. The zero-order valence-electron chi connectivity index (χ0n) is 31.5. The monoisotopic (exact) mass is 855 g/mol. The summed E-state index contributed by atoms with van der Waals surface area (Å²) >= 11 is 0. The molecule has 0 bridgehead atoms. The van der Waals surface area contributed by atoms with E-state index in [9.17, 15) is 29.4 Å². The first kappa shape index (κ1) is 51.9. The van der Waals surface area contributed by atoms with Gasteiger partial charge in [0.2, 0.25) is 0 Å². The van der Waals surface area contributed by atoms with Crippen molar-refractivity contribution in [1.82, 2.24) is 19.9 Å². The van der Waals surface area contributed by atoms with Gasteiger partial charge in [0.1, 0.15) is 24.7 Å². The Balaban J connectivity index is 0.000000748. The molecule has 59 heavy (non-hydrogen) atoms. The zero-order valence-corrected chi connectivity index (χ0v) is 32.6. The van der Waals surface area contributed by atoms with E-state index in [2.05, 4.69) is 68.5 Å². The third kappa shape index (κ3) is 22.9. The number of aliphatic carboxylic acids is 2. The average Bonchev–Trinajstić information content (AvgIpc) is 3.23. The van der Waals surface area contributed by atoms with Crippen LogP contribution in [-0.4, -0.2) is 67.2 Å². The van der Waals surface area contributed by atoms with Crippen LogP contribution in [0.25, 0.3) is 0 Å². The first-order chi connectivity index (χ1) is 27.1. The van der Waals surface area contributed by atoms with Crippen LogP contribution in [0.15, 0.2) is 147 Å². The molecule has 0 aliphatic rings. The molecule has 0 fully saturated rings. The van der Waals surface area contributed by atoms with Gasteiger partial charge in [-0.25, -0.2) is 9.59 Å². The van der Waals surface area contributed by atoms with E-state index in [1.54, 1.807) is 0 Å². The fourth-order valence-electron chi connectivity index (χ4n) is 4.45. The van der Waals surface area contributed by atoms with Crippen LogP contribution in [-0.2, 0) is 63.0 Å². The third-order valence-corrected chi connectivity index (χ3v) is 7.32. The van der Waals surface area contributed by atoms with Crippen molar-refractivity contribution in [3.8, 4) is 11.5 Å². The number of pyridine rings is 4. The second-order valence-corrected chi connectivity index (χ2v) is 11.4. The Hall–Kier alpha value is -7.05. The van der Waals surface area contributed by atoms with Crippen LogP contribution < -0.4 is 19.7 Å². The summed E-state index contributed by atoms with van der Waals surface area (Å²) in [5, 5.41) is 37.1. The van der Waals surface area contributed by atoms with E-state index >= 15 is 0 Å². The van der Waals surface area contributed by atoms with E-state index in [1.165, 1.54) is 70.8 Å². The molecule has 0 aliphatic carbocycles. The Morgan fingerprint density at radius 1 is 0.424 bits per heavy atom. The number of rotatable bonds is 14. The summed E-state index contributed by atoms with van der Waals surface area (Å²) in [5.41, 5.74) is 5.55. The van der Waals surface area contributed by atoms with Crippen molar-refractivity contribution in [2.75, 3.05) is 13.2 Å². The summed E-state index contributed by atoms with van der Waals surface area (Å²) in [7, 11) is 0. The summed E-state index contributed by atoms with van der Waals surface area (Å²) in [6.45, 7) is -1.10. The standard InChI is InChI=1S/2C12H12N2.2C9H8O5.Co.2H2O/c2*1(11-3-7-13-8-4-11)2-12-5-9-14-10-6-12;2*10-8(11)5-14-7-3-1-6(2-4-7)9(12)13;;;/h2*3-10H,1-2H2;2*1-4H,5H2,(H,10,11)(H,12,13);;2*1H2/q;;;;+2;;. The number of nitrogens with zero attached hydrogens (tertiary/aromatic N) is 4. The molecule has 1 radical (unpaired) electrons. The number of ether oxygens (including phenoxy) is 2. The number of carbonyl (C=O) groups excluding carboxylic acids is 2. The molecule has 0 saturated carbocycles. The van der Waals surface area contributed by atoms with Crippen LogP contribution in [0, 0.1) is 0 Å². The van der Waals surface area contributed by atoms with Gasteiger partial charge >= 0.3 is 28.7 Å². The second kappa shape index (κ2) is 30.1. The number of aryl methyl sites for hydroxylation is 4. The van der Waals surface area contributed by atoms with Crippen molar-refractivity contribution in [3.63, 3.8) is 0 Å². The molecule has 0 aliphatic heterocycles. The number of aromatic carboxylic acids is 2. The van der Waals surface area contributed by atoms with E-state index in [0.717, 1.165) is 25.7 Å². The average molecular weight is 856 g/mol. The van der Waals surface area contributed by atoms with Crippen LogP contribution in [0.3, 0.4) is 0 Å². The van der Waals surface area contributed by atoms with Crippen molar-refractivity contribution < 1.29 is 76.8 Å².